The Labute approximate surface area is 204 Å². The van der Waals surface area contributed by atoms with Crippen molar-refractivity contribution in [1.29, 1.82) is 0 Å². The van der Waals surface area contributed by atoms with Gasteiger partial charge in [-0.05, 0) is 54.1 Å². The van der Waals surface area contributed by atoms with Gasteiger partial charge in [0.2, 0.25) is 0 Å². The first-order valence-electron chi connectivity index (χ1n) is 10.0. The summed E-state index contributed by atoms with van der Waals surface area (Å²) >= 11 is 12.4. The van der Waals surface area contributed by atoms with Crippen LogP contribution < -0.4 is 14.4 Å². The van der Waals surface area contributed by atoms with Crippen molar-refractivity contribution < 1.29 is 28.6 Å². The lowest BCUT2D eigenvalue weighted by Gasteiger charge is -2.26. The fourth-order valence-corrected chi connectivity index (χ4v) is 4.49. The minimum atomic E-state index is -1.05. The maximum absolute atomic E-state index is 13.6. The molecule has 0 bridgehead atoms. The summed E-state index contributed by atoms with van der Waals surface area (Å²) in [6.45, 7) is 0. The standard InChI is InChI=1S/C25H18Cl2FNO5/c1-33-17-5-3-4-13(10-17)21-20(22(30)18-11-14(26)12-19(27)24(18)34-2)23(31)25(32)29(21)16-8-6-15(28)7-9-16/h3-12,21,30H,1-2H3/b22-20+. The second-order valence-corrected chi connectivity index (χ2v) is 8.23. The Morgan fingerprint density at radius 1 is 1.00 bits per heavy atom. The Morgan fingerprint density at radius 3 is 2.35 bits per heavy atom. The lowest BCUT2D eigenvalue weighted by Crippen LogP contribution is -2.29. The molecule has 1 unspecified atom stereocenters. The molecule has 0 aliphatic carbocycles. The summed E-state index contributed by atoms with van der Waals surface area (Å²) < 4.78 is 24.2. The van der Waals surface area contributed by atoms with Gasteiger partial charge in [0.05, 0.1) is 36.4 Å². The predicted molar refractivity (Wildman–Crippen MR) is 127 cm³/mol. The number of amides is 1. The molecule has 6 nitrogen and oxygen atoms in total. The van der Waals surface area contributed by atoms with Crippen LogP contribution in [0.5, 0.6) is 11.5 Å². The molecule has 0 aromatic heterocycles. The molecule has 1 fully saturated rings. The quantitative estimate of drug-likeness (QED) is 0.272. The van der Waals surface area contributed by atoms with Gasteiger partial charge < -0.3 is 14.6 Å². The van der Waals surface area contributed by atoms with Crippen LogP contribution in [0.4, 0.5) is 10.1 Å². The zero-order valence-corrected chi connectivity index (χ0v) is 19.5. The van der Waals surface area contributed by atoms with Crippen LogP contribution in [-0.4, -0.2) is 31.0 Å². The number of hydrogen-bond acceptors (Lipinski definition) is 5. The Balaban J connectivity index is 2.01. The number of rotatable bonds is 5. The molecule has 0 saturated carbocycles. The van der Waals surface area contributed by atoms with Gasteiger partial charge in [-0.1, -0.05) is 35.3 Å². The van der Waals surface area contributed by atoms with Gasteiger partial charge in [-0.25, -0.2) is 4.39 Å². The van der Waals surface area contributed by atoms with E-state index in [-0.39, 0.29) is 32.6 Å². The van der Waals surface area contributed by atoms with Gasteiger partial charge in [-0.15, -0.1) is 0 Å². The van der Waals surface area contributed by atoms with Gasteiger partial charge in [-0.3, -0.25) is 14.5 Å². The molecule has 1 N–H and O–H groups in total. The number of methoxy groups -OCH3 is 2. The van der Waals surface area contributed by atoms with Crippen molar-refractivity contribution in [3.05, 3.63) is 93.2 Å². The second-order valence-electron chi connectivity index (χ2n) is 7.39. The number of ether oxygens (including phenoxy) is 2. The van der Waals surface area contributed by atoms with Gasteiger partial charge in [0.25, 0.3) is 11.7 Å². The van der Waals surface area contributed by atoms with Crippen molar-refractivity contribution >= 4 is 46.3 Å². The third-order valence-electron chi connectivity index (χ3n) is 5.43. The molecule has 4 rings (SSSR count). The van der Waals surface area contributed by atoms with E-state index in [0.717, 1.165) is 0 Å². The van der Waals surface area contributed by atoms with E-state index in [9.17, 15) is 19.1 Å². The molecule has 1 saturated heterocycles. The lowest BCUT2D eigenvalue weighted by molar-refractivity contribution is -0.132. The van der Waals surface area contributed by atoms with Crippen molar-refractivity contribution in [2.24, 2.45) is 0 Å². The van der Waals surface area contributed by atoms with Gasteiger partial charge >= 0.3 is 0 Å². The molecule has 0 spiro atoms. The summed E-state index contributed by atoms with van der Waals surface area (Å²) in [6, 6.07) is 13.6. The number of aliphatic hydroxyl groups excluding tert-OH is 1. The van der Waals surface area contributed by atoms with E-state index < -0.39 is 29.3 Å². The number of anilines is 1. The number of nitrogens with zero attached hydrogens (tertiary/aromatic N) is 1. The van der Waals surface area contributed by atoms with Crippen LogP contribution in [0.15, 0.2) is 66.2 Å². The highest BCUT2D eigenvalue weighted by molar-refractivity contribution is 6.51. The van der Waals surface area contributed by atoms with Crippen LogP contribution in [0, 0.1) is 5.82 Å². The van der Waals surface area contributed by atoms with Crippen molar-refractivity contribution in [1.82, 2.24) is 0 Å². The first-order valence-corrected chi connectivity index (χ1v) is 10.8. The van der Waals surface area contributed by atoms with E-state index in [4.69, 9.17) is 32.7 Å². The summed E-state index contributed by atoms with van der Waals surface area (Å²) in [5, 5.41) is 11.6. The lowest BCUT2D eigenvalue weighted by atomic mass is 9.94. The minimum Gasteiger partial charge on any atom is -0.507 e. The monoisotopic (exact) mass is 501 g/mol. The van der Waals surface area contributed by atoms with Crippen LogP contribution in [0.2, 0.25) is 10.0 Å². The number of Topliss-reactive ketones (excluding diaryl/α,β-unsaturated/α-hetero) is 1. The fraction of sp³-hybridized carbons (Fsp3) is 0.120. The Bertz CT molecular complexity index is 1320. The topological polar surface area (TPSA) is 76.1 Å². The molecule has 1 amide bonds. The number of benzene rings is 3. The van der Waals surface area contributed by atoms with E-state index in [1.807, 2.05) is 0 Å². The number of halogens is 3. The van der Waals surface area contributed by atoms with Crippen LogP contribution in [0.1, 0.15) is 17.2 Å². The molecular formula is C25H18Cl2FNO5. The van der Waals surface area contributed by atoms with Crippen molar-refractivity contribution in [3.63, 3.8) is 0 Å². The van der Waals surface area contributed by atoms with E-state index in [2.05, 4.69) is 0 Å². The fourth-order valence-electron chi connectivity index (χ4n) is 3.92. The van der Waals surface area contributed by atoms with Crippen LogP contribution in [0.3, 0.4) is 0 Å². The zero-order chi connectivity index (χ0) is 24.6. The van der Waals surface area contributed by atoms with Crippen molar-refractivity contribution in [2.45, 2.75) is 6.04 Å². The van der Waals surface area contributed by atoms with Gasteiger partial charge in [0.15, 0.2) is 0 Å². The molecule has 1 heterocycles. The highest BCUT2D eigenvalue weighted by atomic mass is 35.5. The molecule has 1 atom stereocenters. The van der Waals surface area contributed by atoms with Crippen LogP contribution in [-0.2, 0) is 9.59 Å². The SMILES string of the molecule is COc1cccc(C2/C(=C(\O)c3cc(Cl)cc(Cl)c3OC)C(=O)C(=O)N2c2ccc(F)cc2)c1. The van der Waals surface area contributed by atoms with Gasteiger partial charge in [-0.2, -0.15) is 0 Å². The first-order chi connectivity index (χ1) is 16.3. The Kier molecular flexibility index (Phi) is 6.50. The van der Waals surface area contributed by atoms with Gasteiger partial charge in [0.1, 0.15) is 23.1 Å². The van der Waals surface area contributed by atoms with E-state index in [0.29, 0.717) is 11.3 Å². The number of aliphatic hydroxyl groups is 1. The average Bonchev–Trinajstić information content (AvgIpc) is 3.09. The third kappa shape index (κ3) is 4.08. The van der Waals surface area contributed by atoms with Crippen molar-refractivity contribution in [2.75, 3.05) is 19.1 Å². The molecule has 0 radical (unpaired) electrons. The minimum absolute atomic E-state index is 0.0463. The normalized spacial score (nSPS) is 17.2. The number of carbonyl (C=O) groups is 2. The summed E-state index contributed by atoms with van der Waals surface area (Å²) in [5.41, 5.74) is 0.590. The Hall–Kier alpha value is -3.55. The zero-order valence-electron chi connectivity index (χ0n) is 18.0. The number of hydrogen-bond donors (Lipinski definition) is 1. The number of ketones is 1. The molecule has 1 aliphatic rings. The second kappa shape index (κ2) is 9.37. The van der Waals surface area contributed by atoms with Crippen molar-refractivity contribution in [3.8, 4) is 11.5 Å². The molecule has 1 aliphatic heterocycles. The summed E-state index contributed by atoms with van der Waals surface area (Å²) in [5.74, 6) is -2.29. The van der Waals surface area contributed by atoms with E-state index in [1.165, 1.54) is 55.5 Å². The molecular weight excluding hydrogens is 484 g/mol. The van der Waals surface area contributed by atoms with E-state index >= 15 is 0 Å². The summed E-state index contributed by atoms with van der Waals surface area (Å²) in [6.07, 6.45) is 0. The average molecular weight is 502 g/mol. The summed E-state index contributed by atoms with van der Waals surface area (Å²) in [7, 11) is 2.83. The molecule has 9 heteroatoms. The van der Waals surface area contributed by atoms with Gasteiger partial charge in [0, 0.05) is 10.7 Å². The van der Waals surface area contributed by atoms with Crippen LogP contribution >= 0.6 is 23.2 Å². The third-order valence-corrected chi connectivity index (χ3v) is 5.93. The smallest absolute Gasteiger partial charge is 0.300 e. The maximum atomic E-state index is 13.6. The highest BCUT2D eigenvalue weighted by Gasteiger charge is 2.47. The van der Waals surface area contributed by atoms with E-state index in [1.54, 1.807) is 24.3 Å². The van der Waals surface area contributed by atoms with Crippen LogP contribution in [0.25, 0.3) is 5.76 Å². The summed E-state index contributed by atoms with van der Waals surface area (Å²) in [4.78, 5) is 27.6. The molecule has 3 aromatic carbocycles. The maximum Gasteiger partial charge on any atom is 0.300 e. The number of carbonyl (C=O) groups excluding carboxylic acids is 2. The molecule has 3 aromatic rings. The molecule has 34 heavy (non-hydrogen) atoms. The predicted octanol–water partition coefficient (Wildman–Crippen LogP) is 5.78. The first kappa shape index (κ1) is 23.6. The highest BCUT2D eigenvalue weighted by Crippen LogP contribution is 2.45. The molecule has 174 valence electrons. The largest absolute Gasteiger partial charge is 0.507 e. The Morgan fingerprint density at radius 2 is 1.71 bits per heavy atom.